The van der Waals surface area contributed by atoms with Crippen LogP contribution in [0.1, 0.15) is 37.7 Å². The Morgan fingerprint density at radius 3 is 2.63 bits per heavy atom. The largest absolute Gasteiger partial charge is 0.248 e. The topological polar surface area (TPSA) is 0 Å². The van der Waals surface area contributed by atoms with Gasteiger partial charge in [-0.1, -0.05) is 52.7 Å². The molecule has 0 radical (unpaired) electrons. The highest BCUT2D eigenvalue weighted by molar-refractivity contribution is 9.09. The Labute approximate surface area is 122 Å². The molecule has 0 aliphatic heterocycles. The summed E-state index contributed by atoms with van der Waals surface area (Å²) in [5, 5.41) is 0.893. The van der Waals surface area contributed by atoms with E-state index in [1.165, 1.54) is 5.56 Å². The van der Waals surface area contributed by atoms with E-state index in [1.54, 1.807) is 0 Å². The molecule has 106 valence electrons. The van der Waals surface area contributed by atoms with Crippen molar-refractivity contribution in [2.24, 2.45) is 11.8 Å². The minimum absolute atomic E-state index is 0.0845. The van der Waals surface area contributed by atoms with Crippen LogP contribution in [0.3, 0.4) is 0 Å². The molecule has 0 aromatic heterocycles. The monoisotopic (exact) mass is 330 g/mol. The third-order valence-corrected chi connectivity index (χ3v) is 4.91. The molecule has 2 atom stereocenters. The van der Waals surface area contributed by atoms with Gasteiger partial charge in [0.2, 0.25) is 5.92 Å². The van der Waals surface area contributed by atoms with E-state index in [2.05, 4.69) is 28.1 Å². The molecule has 19 heavy (non-hydrogen) atoms. The molecule has 0 heterocycles. The first-order valence-corrected chi connectivity index (χ1v) is 8.19. The predicted octanol–water partition coefficient (Wildman–Crippen LogP) is 5.46. The molecule has 1 aliphatic carbocycles. The lowest BCUT2D eigenvalue weighted by Crippen LogP contribution is -2.27. The van der Waals surface area contributed by atoms with Crippen LogP contribution in [0.5, 0.6) is 0 Å². The average Bonchev–Trinajstić information content (AvgIpc) is 2.38. The lowest BCUT2D eigenvalue weighted by molar-refractivity contribution is -0.0552. The van der Waals surface area contributed by atoms with Gasteiger partial charge in [-0.25, -0.2) is 8.78 Å². The van der Waals surface area contributed by atoms with Crippen LogP contribution in [-0.4, -0.2) is 11.3 Å². The third-order valence-electron chi connectivity index (χ3n) is 3.99. The molecule has 2 unspecified atom stereocenters. The van der Waals surface area contributed by atoms with Gasteiger partial charge in [-0.2, -0.15) is 0 Å². The first-order valence-electron chi connectivity index (χ1n) is 7.07. The van der Waals surface area contributed by atoms with E-state index in [0.29, 0.717) is 12.3 Å². The molecular weight excluding hydrogens is 310 g/mol. The van der Waals surface area contributed by atoms with Crippen LogP contribution in [-0.2, 0) is 6.42 Å². The van der Waals surface area contributed by atoms with Gasteiger partial charge >= 0.3 is 0 Å². The molecule has 0 amide bonds. The lowest BCUT2D eigenvalue weighted by Gasteiger charge is -2.31. The molecule has 1 aliphatic rings. The summed E-state index contributed by atoms with van der Waals surface area (Å²) in [6.07, 6.45) is 3.71. The van der Waals surface area contributed by atoms with Crippen LogP contribution in [0.4, 0.5) is 8.78 Å². The summed E-state index contributed by atoms with van der Waals surface area (Å²) in [7, 11) is 0. The van der Waals surface area contributed by atoms with Crippen molar-refractivity contribution in [2.75, 3.05) is 5.33 Å². The van der Waals surface area contributed by atoms with Crippen LogP contribution in [0.2, 0.25) is 0 Å². The molecule has 2 rings (SSSR count). The van der Waals surface area contributed by atoms with Crippen molar-refractivity contribution in [3.05, 3.63) is 35.9 Å². The molecule has 1 saturated carbocycles. The van der Waals surface area contributed by atoms with E-state index in [1.807, 2.05) is 18.2 Å². The minimum Gasteiger partial charge on any atom is -0.207 e. The molecule has 0 N–H and O–H groups in total. The van der Waals surface area contributed by atoms with Crippen LogP contribution < -0.4 is 0 Å². The standard InChI is InChI=1S/C16H21BrF2/c17-12-15(9-13-5-2-1-3-6-13)10-14-7-4-8-16(18,19)11-14/h1-3,5-6,14-15H,4,7-12H2. The van der Waals surface area contributed by atoms with Gasteiger partial charge in [0.15, 0.2) is 0 Å². The normalized spacial score (nSPS) is 24.1. The SMILES string of the molecule is FC1(F)CCCC(CC(CBr)Cc2ccccc2)C1. The van der Waals surface area contributed by atoms with Gasteiger partial charge in [0.1, 0.15) is 0 Å². The third kappa shape index (κ3) is 4.87. The highest BCUT2D eigenvalue weighted by Crippen LogP contribution is 2.39. The van der Waals surface area contributed by atoms with Crippen molar-refractivity contribution >= 4 is 15.9 Å². The van der Waals surface area contributed by atoms with Crippen molar-refractivity contribution in [1.82, 2.24) is 0 Å². The van der Waals surface area contributed by atoms with Gasteiger partial charge in [-0.15, -0.1) is 0 Å². The van der Waals surface area contributed by atoms with Crippen LogP contribution in [0, 0.1) is 11.8 Å². The Bertz CT molecular complexity index is 378. The van der Waals surface area contributed by atoms with Crippen LogP contribution in [0.15, 0.2) is 30.3 Å². The number of rotatable bonds is 5. The quantitative estimate of drug-likeness (QED) is 0.629. The molecule has 0 spiro atoms. The number of benzene rings is 1. The van der Waals surface area contributed by atoms with Gasteiger partial charge < -0.3 is 0 Å². The maximum absolute atomic E-state index is 13.4. The van der Waals surface area contributed by atoms with Crippen molar-refractivity contribution in [3.8, 4) is 0 Å². The zero-order chi connectivity index (χ0) is 13.7. The van der Waals surface area contributed by atoms with E-state index >= 15 is 0 Å². The highest BCUT2D eigenvalue weighted by atomic mass is 79.9. The zero-order valence-electron chi connectivity index (χ0n) is 11.1. The number of hydrogen-bond acceptors (Lipinski definition) is 0. The summed E-state index contributed by atoms with van der Waals surface area (Å²) in [6.45, 7) is 0. The van der Waals surface area contributed by atoms with Crippen molar-refractivity contribution in [2.45, 2.75) is 44.4 Å². The number of alkyl halides is 3. The Hall–Kier alpha value is -0.440. The lowest BCUT2D eigenvalue weighted by atomic mass is 9.80. The van der Waals surface area contributed by atoms with Crippen LogP contribution >= 0.6 is 15.9 Å². The fraction of sp³-hybridized carbons (Fsp3) is 0.625. The van der Waals surface area contributed by atoms with Crippen LogP contribution in [0.25, 0.3) is 0 Å². The molecule has 1 aromatic rings. The maximum atomic E-state index is 13.4. The summed E-state index contributed by atoms with van der Waals surface area (Å²) >= 11 is 3.54. The Balaban J connectivity index is 1.88. The van der Waals surface area contributed by atoms with Gasteiger partial charge in [0, 0.05) is 18.2 Å². The van der Waals surface area contributed by atoms with E-state index in [-0.39, 0.29) is 18.8 Å². The van der Waals surface area contributed by atoms with Crippen molar-refractivity contribution in [3.63, 3.8) is 0 Å². The summed E-state index contributed by atoms with van der Waals surface area (Å²) in [5.74, 6) is -1.77. The van der Waals surface area contributed by atoms with Gasteiger partial charge in [0.25, 0.3) is 0 Å². The van der Waals surface area contributed by atoms with E-state index in [9.17, 15) is 8.78 Å². The van der Waals surface area contributed by atoms with E-state index < -0.39 is 5.92 Å². The first kappa shape index (κ1) is 15.0. The Morgan fingerprint density at radius 2 is 2.00 bits per heavy atom. The second-order valence-corrected chi connectivity index (χ2v) is 6.41. The minimum atomic E-state index is -2.42. The number of hydrogen-bond donors (Lipinski definition) is 0. The Morgan fingerprint density at radius 1 is 1.26 bits per heavy atom. The summed E-state index contributed by atoms with van der Waals surface area (Å²) in [6, 6.07) is 10.3. The molecule has 1 fully saturated rings. The maximum Gasteiger partial charge on any atom is 0.248 e. The van der Waals surface area contributed by atoms with Gasteiger partial charge in [-0.3, -0.25) is 0 Å². The molecule has 3 heteroatoms. The summed E-state index contributed by atoms with van der Waals surface area (Å²) in [5.41, 5.74) is 1.30. The fourth-order valence-corrected chi connectivity index (χ4v) is 3.59. The molecule has 1 aromatic carbocycles. The summed E-state index contributed by atoms with van der Waals surface area (Å²) < 4.78 is 26.8. The van der Waals surface area contributed by atoms with E-state index in [0.717, 1.165) is 24.6 Å². The second kappa shape index (κ2) is 6.83. The first-order chi connectivity index (χ1) is 9.09. The highest BCUT2D eigenvalue weighted by Gasteiger charge is 2.36. The fourth-order valence-electron chi connectivity index (χ4n) is 3.10. The van der Waals surface area contributed by atoms with Crippen molar-refractivity contribution in [1.29, 1.82) is 0 Å². The van der Waals surface area contributed by atoms with Gasteiger partial charge in [0.05, 0.1) is 0 Å². The smallest absolute Gasteiger partial charge is 0.207 e. The molecular formula is C16H21BrF2. The molecule has 0 saturated heterocycles. The van der Waals surface area contributed by atoms with Gasteiger partial charge in [-0.05, 0) is 36.7 Å². The predicted molar refractivity (Wildman–Crippen MR) is 79.0 cm³/mol. The molecule has 0 nitrogen and oxygen atoms in total. The number of halogens is 3. The zero-order valence-corrected chi connectivity index (χ0v) is 12.7. The van der Waals surface area contributed by atoms with Crippen molar-refractivity contribution < 1.29 is 8.78 Å². The second-order valence-electron chi connectivity index (χ2n) is 5.76. The Kier molecular flexibility index (Phi) is 5.37. The molecule has 0 bridgehead atoms. The van der Waals surface area contributed by atoms with E-state index in [4.69, 9.17) is 0 Å². The average molecular weight is 331 g/mol. The summed E-state index contributed by atoms with van der Waals surface area (Å²) in [4.78, 5) is 0.